The Labute approximate surface area is 106 Å². The maximum absolute atomic E-state index is 10.9. The average molecular weight is 293 g/mol. The van der Waals surface area contributed by atoms with E-state index in [9.17, 15) is 4.79 Å². The monoisotopic (exact) mass is 292 g/mol. The molecule has 4 nitrogen and oxygen atoms in total. The van der Waals surface area contributed by atoms with E-state index in [0.29, 0.717) is 5.56 Å². The Morgan fingerprint density at radius 2 is 1.88 bits per heavy atom. The summed E-state index contributed by atoms with van der Waals surface area (Å²) in [5.41, 5.74) is 7.39. The summed E-state index contributed by atoms with van der Waals surface area (Å²) < 4.78 is 0.951. The largest absolute Gasteiger partial charge is 0.476 e. The molecule has 0 aliphatic carbocycles. The molecule has 0 aliphatic heterocycles. The van der Waals surface area contributed by atoms with Gasteiger partial charge in [0.2, 0.25) is 0 Å². The molecule has 2 aromatic rings. The fourth-order valence-corrected chi connectivity index (χ4v) is 1.79. The van der Waals surface area contributed by atoms with E-state index >= 15 is 0 Å². The summed E-state index contributed by atoms with van der Waals surface area (Å²) in [4.78, 5) is 14.7. The predicted octanol–water partition coefficient (Wildman–Crippen LogP) is 2.79. The minimum absolute atomic E-state index is 0.120. The lowest BCUT2D eigenvalue weighted by molar-refractivity contribution is 0.0692. The van der Waals surface area contributed by atoms with E-state index < -0.39 is 5.97 Å². The molecule has 5 heteroatoms. The number of carboxylic acid groups (broad SMARTS) is 1. The summed E-state index contributed by atoms with van der Waals surface area (Å²) in [5.74, 6) is -1.12. The minimum atomic E-state index is -1.12. The molecule has 0 radical (unpaired) electrons. The molecule has 0 spiro atoms. The number of nitrogens with zero attached hydrogens (tertiary/aromatic N) is 1. The fraction of sp³-hybridized carbons (Fsp3) is 0. The van der Waals surface area contributed by atoms with Crippen molar-refractivity contribution in [3.63, 3.8) is 0 Å². The topological polar surface area (TPSA) is 76.2 Å². The smallest absolute Gasteiger partial charge is 0.356 e. The van der Waals surface area contributed by atoms with Gasteiger partial charge in [-0.15, -0.1) is 0 Å². The fourth-order valence-electron chi connectivity index (χ4n) is 1.52. The van der Waals surface area contributed by atoms with Crippen molar-refractivity contribution in [3.8, 4) is 11.1 Å². The Morgan fingerprint density at radius 1 is 1.24 bits per heavy atom. The summed E-state index contributed by atoms with van der Waals surface area (Å²) in [7, 11) is 0. The molecule has 86 valence electrons. The van der Waals surface area contributed by atoms with E-state index in [1.54, 1.807) is 6.07 Å². The van der Waals surface area contributed by atoms with Crippen molar-refractivity contribution in [2.75, 3.05) is 5.73 Å². The predicted molar refractivity (Wildman–Crippen MR) is 68.7 cm³/mol. The molecule has 1 aromatic carbocycles. The molecule has 1 heterocycles. The van der Waals surface area contributed by atoms with Crippen LogP contribution in [-0.2, 0) is 0 Å². The highest BCUT2D eigenvalue weighted by Crippen LogP contribution is 2.28. The highest BCUT2D eigenvalue weighted by atomic mass is 79.9. The molecule has 0 fully saturated rings. The van der Waals surface area contributed by atoms with E-state index in [-0.39, 0.29) is 11.4 Å². The van der Waals surface area contributed by atoms with Crippen LogP contribution in [0.2, 0.25) is 0 Å². The van der Waals surface area contributed by atoms with Gasteiger partial charge in [-0.1, -0.05) is 28.1 Å². The molecule has 0 bridgehead atoms. The third-order valence-corrected chi connectivity index (χ3v) is 2.88. The molecule has 0 aliphatic rings. The standard InChI is InChI=1S/C12H9BrN2O2/c13-8-3-1-7(2-4-8)9-5-6-15-11(10(9)14)12(16)17/h1-6H,14H2,(H,16,17). The zero-order valence-corrected chi connectivity index (χ0v) is 10.3. The van der Waals surface area contributed by atoms with Crippen molar-refractivity contribution >= 4 is 27.6 Å². The summed E-state index contributed by atoms with van der Waals surface area (Å²) >= 11 is 3.34. The van der Waals surface area contributed by atoms with Gasteiger partial charge in [-0.05, 0) is 23.8 Å². The molecule has 2 rings (SSSR count). The molecule has 0 unspecified atom stereocenters. The van der Waals surface area contributed by atoms with Gasteiger partial charge < -0.3 is 10.8 Å². The first-order chi connectivity index (χ1) is 8.09. The second-order valence-electron chi connectivity index (χ2n) is 3.43. The average Bonchev–Trinajstić information content (AvgIpc) is 2.30. The molecule has 0 saturated heterocycles. The van der Waals surface area contributed by atoms with Crippen LogP contribution in [0.15, 0.2) is 41.0 Å². The zero-order chi connectivity index (χ0) is 12.4. The number of pyridine rings is 1. The van der Waals surface area contributed by atoms with E-state index in [4.69, 9.17) is 10.8 Å². The lowest BCUT2D eigenvalue weighted by atomic mass is 10.0. The number of nitrogen functional groups attached to an aromatic ring is 1. The molecule has 0 amide bonds. The number of hydrogen-bond acceptors (Lipinski definition) is 3. The van der Waals surface area contributed by atoms with E-state index in [0.717, 1.165) is 10.0 Å². The summed E-state index contributed by atoms with van der Waals surface area (Å²) in [6.45, 7) is 0. The second-order valence-corrected chi connectivity index (χ2v) is 4.35. The van der Waals surface area contributed by atoms with Crippen LogP contribution in [0.25, 0.3) is 11.1 Å². The molecule has 0 saturated carbocycles. The van der Waals surface area contributed by atoms with Crippen LogP contribution in [0.3, 0.4) is 0 Å². The zero-order valence-electron chi connectivity index (χ0n) is 8.72. The number of aromatic nitrogens is 1. The molecule has 0 atom stereocenters. The van der Waals surface area contributed by atoms with Gasteiger partial charge >= 0.3 is 5.97 Å². The SMILES string of the molecule is Nc1c(-c2ccc(Br)cc2)ccnc1C(=O)O. The quantitative estimate of drug-likeness (QED) is 0.892. The summed E-state index contributed by atoms with van der Waals surface area (Å²) in [5, 5.41) is 8.93. The van der Waals surface area contributed by atoms with Crippen molar-refractivity contribution in [2.45, 2.75) is 0 Å². The number of hydrogen-bond donors (Lipinski definition) is 2. The Hall–Kier alpha value is -1.88. The minimum Gasteiger partial charge on any atom is -0.476 e. The first-order valence-electron chi connectivity index (χ1n) is 4.83. The number of halogens is 1. The van der Waals surface area contributed by atoms with Gasteiger partial charge in [-0.3, -0.25) is 0 Å². The second kappa shape index (κ2) is 4.55. The maximum Gasteiger partial charge on any atom is 0.356 e. The molecular formula is C12H9BrN2O2. The number of aromatic carboxylic acids is 1. The van der Waals surface area contributed by atoms with Gasteiger partial charge in [-0.2, -0.15) is 0 Å². The molecule has 17 heavy (non-hydrogen) atoms. The van der Waals surface area contributed by atoms with Crippen molar-refractivity contribution < 1.29 is 9.90 Å². The van der Waals surface area contributed by atoms with Crippen LogP contribution >= 0.6 is 15.9 Å². The highest BCUT2D eigenvalue weighted by molar-refractivity contribution is 9.10. The van der Waals surface area contributed by atoms with Gasteiger partial charge in [-0.25, -0.2) is 9.78 Å². The first kappa shape index (κ1) is 11.6. The Kier molecular flexibility index (Phi) is 3.10. The van der Waals surface area contributed by atoms with Crippen molar-refractivity contribution in [1.82, 2.24) is 4.98 Å². The van der Waals surface area contributed by atoms with Crippen LogP contribution in [0, 0.1) is 0 Å². The third-order valence-electron chi connectivity index (χ3n) is 2.35. The number of carbonyl (C=O) groups is 1. The van der Waals surface area contributed by atoms with Gasteiger partial charge in [0, 0.05) is 16.2 Å². The van der Waals surface area contributed by atoms with Crippen molar-refractivity contribution in [1.29, 1.82) is 0 Å². The van der Waals surface area contributed by atoms with Crippen molar-refractivity contribution in [2.24, 2.45) is 0 Å². The molecular weight excluding hydrogens is 284 g/mol. The molecule has 1 aromatic heterocycles. The summed E-state index contributed by atoms with van der Waals surface area (Å²) in [6, 6.07) is 9.17. The van der Waals surface area contributed by atoms with Crippen LogP contribution in [-0.4, -0.2) is 16.1 Å². The lowest BCUT2D eigenvalue weighted by Crippen LogP contribution is -2.06. The van der Waals surface area contributed by atoms with Crippen molar-refractivity contribution in [3.05, 3.63) is 46.7 Å². The third kappa shape index (κ3) is 2.29. The van der Waals surface area contributed by atoms with Crippen LogP contribution in [0.4, 0.5) is 5.69 Å². The van der Waals surface area contributed by atoms with Gasteiger partial charge in [0.1, 0.15) is 0 Å². The van der Waals surface area contributed by atoms with E-state index in [1.165, 1.54) is 6.20 Å². The Morgan fingerprint density at radius 3 is 2.47 bits per heavy atom. The Bertz CT molecular complexity index is 567. The van der Waals surface area contributed by atoms with Crippen LogP contribution < -0.4 is 5.73 Å². The van der Waals surface area contributed by atoms with Crippen LogP contribution in [0.5, 0.6) is 0 Å². The van der Waals surface area contributed by atoms with E-state index in [2.05, 4.69) is 20.9 Å². The molecule has 3 N–H and O–H groups in total. The highest BCUT2D eigenvalue weighted by Gasteiger charge is 2.13. The van der Waals surface area contributed by atoms with Gasteiger partial charge in [0.05, 0.1) is 5.69 Å². The maximum atomic E-state index is 10.9. The number of anilines is 1. The number of benzene rings is 1. The number of carboxylic acids is 1. The lowest BCUT2D eigenvalue weighted by Gasteiger charge is -2.07. The number of rotatable bonds is 2. The summed E-state index contributed by atoms with van der Waals surface area (Å²) in [6.07, 6.45) is 1.44. The van der Waals surface area contributed by atoms with E-state index in [1.807, 2.05) is 24.3 Å². The first-order valence-corrected chi connectivity index (χ1v) is 5.62. The normalized spacial score (nSPS) is 10.2. The van der Waals surface area contributed by atoms with Gasteiger partial charge in [0.25, 0.3) is 0 Å². The van der Waals surface area contributed by atoms with Crippen LogP contribution in [0.1, 0.15) is 10.5 Å². The number of nitrogens with two attached hydrogens (primary N) is 1. The van der Waals surface area contributed by atoms with Gasteiger partial charge in [0.15, 0.2) is 5.69 Å². The Balaban J connectivity index is 2.56.